The monoisotopic (exact) mass is 476 g/mol. The van der Waals surface area contributed by atoms with Crippen LogP contribution >= 0.6 is 11.6 Å². The van der Waals surface area contributed by atoms with Crippen molar-refractivity contribution in [2.24, 2.45) is 0 Å². The zero-order chi connectivity index (χ0) is 23.4. The van der Waals surface area contributed by atoms with Crippen LogP contribution in [0.1, 0.15) is 66.3 Å². The van der Waals surface area contributed by atoms with Crippen LogP contribution in [0.15, 0.2) is 42.7 Å². The van der Waals surface area contributed by atoms with Gasteiger partial charge in [0.15, 0.2) is 0 Å². The number of halogens is 2. The summed E-state index contributed by atoms with van der Waals surface area (Å²) < 4.78 is 22.0. The van der Waals surface area contributed by atoms with Crippen LogP contribution in [-0.4, -0.2) is 26.4 Å². The second kappa shape index (κ2) is 8.43. The highest BCUT2D eigenvalue weighted by atomic mass is 35.5. The Morgan fingerprint density at radius 3 is 2.62 bits per heavy atom. The van der Waals surface area contributed by atoms with Crippen molar-refractivity contribution in [2.75, 3.05) is 6.61 Å². The SMILES string of the molecule is Cc1nc2cc([C@@H]3CCO[C@H](c4cnn(C5CC5)c4)C3)cc(-c3ccc(F)cc3Cl)c2nc1C. The lowest BCUT2D eigenvalue weighted by Gasteiger charge is -2.30. The summed E-state index contributed by atoms with van der Waals surface area (Å²) in [5.41, 5.74) is 7.38. The van der Waals surface area contributed by atoms with E-state index in [9.17, 15) is 4.39 Å². The number of rotatable bonds is 4. The molecule has 0 N–H and O–H groups in total. The highest BCUT2D eigenvalue weighted by molar-refractivity contribution is 6.33. The summed E-state index contributed by atoms with van der Waals surface area (Å²) in [5.74, 6) is -0.0554. The fraction of sp³-hybridized carbons (Fsp3) is 0.370. The zero-order valence-electron chi connectivity index (χ0n) is 19.3. The Kier molecular flexibility index (Phi) is 5.38. The summed E-state index contributed by atoms with van der Waals surface area (Å²) in [4.78, 5) is 9.69. The molecule has 1 saturated carbocycles. The van der Waals surface area contributed by atoms with E-state index in [-0.39, 0.29) is 11.9 Å². The van der Waals surface area contributed by atoms with Crippen LogP contribution in [0.25, 0.3) is 22.2 Å². The average molecular weight is 477 g/mol. The fourth-order valence-electron chi connectivity index (χ4n) is 4.89. The van der Waals surface area contributed by atoms with E-state index in [1.165, 1.54) is 30.5 Å². The summed E-state index contributed by atoms with van der Waals surface area (Å²) in [5, 5.41) is 4.92. The third-order valence-electron chi connectivity index (χ3n) is 7.09. The van der Waals surface area contributed by atoms with Gasteiger partial charge in [-0.05, 0) is 81.3 Å². The molecule has 2 aromatic heterocycles. The number of aromatic nitrogens is 4. The van der Waals surface area contributed by atoms with Gasteiger partial charge in [-0.2, -0.15) is 5.10 Å². The number of benzene rings is 2. The number of hydrogen-bond donors (Lipinski definition) is 0. The van der Waals surface area contributed by atoms with E-state index < -0.39 is 0 Å². The Bertz CT molecular complexity index is 1400. The lowest BCUT2D eigenvalue weighted by Crippen LogP contribution is -2.18. The molecule has 2 aliphatic rings. The predicted octanol–water partition coefficient (Wildman–Crippen LogP) is 6.87. The lowest BCUT2D eigenvalue weighted by molar-refractivity contribution is 0.00524. The number of fused-ring (bicyclic) bond motifs is 1. The molecule has 4 aromatic rings. The van der Waals surface area contributed by atoms with Crippen LogP contribution in [0.2, 0.25) is 5.02 Å². The Hall–Kier alpha value is -2.83. The van der Waals surface area contributed by atoms with E-state index in [1.54, 1.807) is 6.07 Å². The molecular formula is C27H26ClFN4O. The van der Waals surface area contributed by atoms with Crippen molar-refractivity contribution in [2.45, 2.75) is 57.6 Å². The number of hydrogen-bond acceptors (Lipinski definition) is 4. The molecule has 0 amide bonds. The normalized spacial score (nSPS) is 20.7. The van der Waals surface area contributed by atoms with Crippen molar-refractivity contribution in [3.63, 3.8) is 0 Å². The van der Waals surface area contributed by atoms with E-state index in [2.05, 4.69) is 28.1 Å². The molecule has 0 unspecified atom stereocenters. The van der Waals surface area contributed by atoms with Gasteiger partial charge in [0, 0.05) is 29.5 Å². The molecular weight excluding hydrogens is 451 g/mol. The lowest BCUT2D eigenvalue weighted by atomic mass is 9.85. The van der Waals surface area contributed by atoms with Gasteiger partial charge in [-0.25, -0.2) is 14.4 Å². The van der Waals surface area contributed by atoms with Crippen LogP contribution in [0.4, 0.5) is 4.39 Å². The van der Waals surface area contributed by atoms with E-state index >= 15 is 0 Å². The minimum Gasteiger partial charge on any atom is -0.373 e. The van der Waals surface area contributed by atoms with E-state index in [4.69, 9.17) is 26.3 Å². The largest absolute Gasteiger partial charge is 0.373 e. The second-order valence-electron chi connectivity index (χ2n) is 9.52. The third-order valence-corrected chi connectivity index (χ3v) is 7.41. The van der Waals surface area contributed by atoms with Crippen molar-refractivity contribution in [1.82, 2.24) is 19.7 Å². The molecule has 2 fully saturated rings. The van der Waals surface area contributed by atoms with Gasteiger partial charge in [0.05, 0.1) is 45.8 Å². The maximum Gasteiger partial charge on any atom is 0.124 e. The quantitative estimate of drug-likeness (QED) is 0.322. The van der Waals surface area contributed by atoms with Crippen molar-refractivity contribution in [3.05, 3.63) is 76.1 Å². The first-order valence-electron chi connectivity index (χ1n) is 11.9. The Morgan fingerprint density at radius 1 is 1.00 bits per heavy atom. The van der Waals surface area contributed by atoms with Crippen LogP contribution in [0.3, 0.4) is 0 Å². The van der Waals surface area contributed by atoms with Crippen molar-refractivity contribution < 1.29 is 9.13 Å². The molecule has 0 radical (unpaired) electrons. The third kappa shape index (κ3) is 3.99. The minimum atomic E-state index is -0.355. The van der Waals surface area contributed by atoms with Gasteiger partial charge in [-0.3, -0.25) is 4.68 Å². The Morgan fingerprint density at radius 2 is 1.82 bits per heavy atom. The summed E-state index contributed by atoms with van der Waals surface area (Å²) in [7, 11) is 0. The summed E-state index contributed by atoms with van der Waals surface area (Å²) in [6.07, 6.45) is 8.33. The summed E-state index contributed by atoms with van der Waals surface area (Å²) in [6.45, 7) is 4.62. The molecule has 1 aliphatic heterocycles. The molecule has 1 aliphatic carbocycles. The van der Waals surface area contributed by atoms with Gasteiger partial charge in [-0.15, -0.1) is 0 Å². The van der Waals surface area contributed by atoms with Crippen LogP contribution in [0, 0.1) is 19.7 Å². The van der Waals surface area contributed by atoms with Crippen molar-refractivity contribution in [1.29, 1.82) is 0 Å². The smallest absolute Gasteiger partial charge is 0.124 e. The van der Waals surface area contributed by atoms with Crippen molar-refractivity contribution in [3.8, 4) is 11.1 Å². The highest BCUT2D eigenvalue weighted by Gasteiger charge is 2.29. The molecule has 34 heavy (non-hydrogen) atoms. The first kappa shape index (κ1) is 21.7. The molecule has 1 saturated heterocycles. The maximum absolute atomic E-state index is 13.8. The first-order valence-corrected chi connectivity index (χ1v) is 12.2. The van der Waals surface area contributed by atoms with Gasteiger partial charge in [0.25, 0.3) is 0 Å². The predicted molar refractivity (Wildman–Crippen MR) is 131 cm³/mol. The molecule has 2 atom stereocenters. The first-order chi connectivity index (χ1) is 16.5. The fourth-order valence-corrected chi connectivity index (χ4v) is 5.16. The summed E-state index contributed by atoms with van der Waals surface area (Å²) >= 11 is 6.49. The van der Waals surface area contributed by atoms with Crippen LogP contribution in [0.5, 0.6) is 0 Å². The number of nitrogens with zero attached hydrogens (tertiary/aromatic N) is 4. The summed E-state index contributed by atoms with van der Waals surface area (Å²) in [6, 6.07) is 9.39. The van der Waals surface area contributed by atoms with E-state index in [0.717, 1.165) is 52.0 Å². The van der Waals surface area contributed by atoms with Gasteiger partial charge >= 0.3 is 0 Å². The molecule has 2 aromatic carbocycles. The number of ether oxygens (including phenoxy) is 1. The number of aryl methyl sites for hydroxylation is 2. The van der Waals surface area contributed by atoms with E-state index in [1.807, 2.05) is 20.0 Å². The molecule has 6 rings (SSSR count). The molecule has 0 bridgehead atoms. The zero-order valence-corrected chi connectivity index (χ0v) is 20.0. The van der Waals surface area contributed by atoms with Gasteiger partial charge < -0.3 is 4.74 Å². The second-order valence-corrected chi connectivity index (χ2v) is 9.93. The standard InChI is InChI=1S/C27H26ClFN4O/c1-15-16(2)32-27-23(22-6-3-20(29)12-24(22)28)9-18(10-25(27)31-15)17-7-8-34-26(11-17)19-13-30-33(14-19)21-4-5-21/h3,6,9-10,12-14,17,21,26H,4-5,7-8,11H2,1-2H3/t17-,26+/m1/s1. The van der Waals surface area contributed by atoms with Gasteiger partial charge in [0.2, 0.25) is 0 Å². The molecule has 0 spiro atoms. The molecule has 7 heteroatoms. The maximum atomic E-state index is 13.8. The van der Waals surface area contributed by atoms with E-state index in [0.29, 0.717) is 23.6 Å². The minimum absolute atomic E-state index is 0.0191. The van der Waals surface area contributed by atoms with Crippen molar-refractivity contribution >= 4 is 22.6 Å². The average Bonchev–Trinajstić information content (AvgIpc) is 3.56. The topological polar surface area (TPSA) is 52.8 Å². The highest BCUT2D eigenvalue weighted by Crippen LogP contribution is 2.42. The molecule has 174 valence electrons. The van der Waals surface area contributed by atoms with Crippen LogP contribution in [-0.2, 0) is 4.74 Å². The Labute approximate surface area is 202 Å². The van der Waals surface area contributed by atoms with Gasteiger partial charge in [0.1, 0.15) is 5.82 Å². The Balaban J connectivity index is 1.41. The van der Waals surface area contributed by atoms with Crippen LogP contribution < -0.4 is 0 Å². The van der Waals surface area contributed by atoms with Gasteiger partial charge in [-0.1, -0.05) is 11.6 Å². The molecule has 5 nitrogen and oxygen atoms in total. The molecule has 3 heterocycles.